The van der Waals surface area contributed by atoms with Gasteiger partial charge in [0.2, 0.25) is 10.0 Å². The van der Waals surface area contributed by atoms with Crippen LogP contribution >= 0.6 is 0 Å². The summed E-state index contributed by atoms with van der Waals surface area (Å²) in [4.78, 5) is 15.5. The Labute approximate surface area is 134 Å². The molecule has 0 spiro atoms. The average molecular weight is 335 g/mol. The van der Waals surface area contributed by atoms with E-state index in [-0.39, 0.29) is 10.5 Å². The van der Waals surface area contributed by atoms with E-state index < -0.39 is 16.0 Å². The van der Waals surface area contributed by atoms with Crippen molar-refractivity contribution in [2.24, 2.45) is 0 Å². The van der Waals surface area contributed by atoms with E-state index >= 15 is 0 Å². The lowest BCUT2D eigenvalue weighted by Crippen LogP contribution is -2.28. The Morgan fingerprint density at radius 3 is 2.48 bits per heavy atom. The maximum absolute atomic E-state index is 12.7. The summed E-state index contributed by atoms with van der Waals surface area (Å²) in [5.41, 5.74) is 0.408. The molecule has 1 aliphatic heterocycles. The molecular weight excluding hydrogens is 318 g/mol. The molecule has 1 saturated heterocycles. The number of hydrogen-bond acceptors (Lipinski definition) is 4. The highest BCUT2D eigenvalue weighted by Crippen LogP contribution is 2.25. The van der Waals surface area contributed by atoms with Crippen LogP contribution in [-0.4, -0.2) is 46.4 Å². The second kappa shape index (κ2) is 5.78. The van der Waals surface area contributed by atoms with Crippen LogP contribution in [0.2, 0.25) is 0 Å². The molecule has 0 radical (unpaired) electrons. The number of benzene rings is 1. The fourth-order valence-electron chi connectivity index (χ4n) is 2.72. The summed E-state index contributed by atoms with van der Waals surface area (Å²) in [6.07, 6.45) is 4.90. The quantitative estimate of drug-likeness (QED) is 0.917. The monoisotopic (exact) mass is 335 g/mol. The van der Waals surface area contributed by atoms with Crippen LogP contribution in [-0.2, 0) is 10.0 Å². The SMILES string of the molecule is Cc1nccn1-c1cc(C(=O)O)cc(S(=O)(=O)N2CCCC2)c1. The summed E-state index contributed by atoms with van der Waals surface area (Å²) in [6.45, 7) is 2.71. The van der Waals surface area contributed by atoms with Gasteiger partial charge in [-0.15, -0.1) is 0 Å². The van der Waals surface area contributed by atoms with Gasteiger partial charge < -0.3 is 9.67 Å². The molecule has 2 aromatic rings. The lowest BCUT2D eigenvalue weighted by atomic mass is 10.2. The fraction of sp³-hybridized carbons (Fsp3) is 0.333. The molecule has 1 aromatic carbocycles. The Morgan fingerprint density at radius 1 is 1.22 bits per heavy atom. The Bertz CT molecular complexity index is 851. The van der Waals surface area contributed by atoms with Crippen molar-refractivity contribution in [1.82, 2.24) is 13.9 Å². The summed E-state index contributed by atoms with van der Waals surface area (Å²) < 4.78 is 28.5. The highest BCUT2D eigenvalue weighted by Gasteiger charge is 2.28. The van der Waals surface area contributed by atoms with Crippen molar-refractivity contribution in [2.45, 2.75) is 24.7 Å². The standard InChI is InChI=1S/C15H17N3O4S/c1-11-16-4-7-18(11)13-8-12(15(19)20)9-14(10-13)23(21,22)17-5-2-3-6-17/h4,7-10H,2-3,5-6H2,1H3,(H,19,20). The number of rotatable bonds is 4. The number of aromatic carboxylic acids is 1. The van der Waals surface area contributed by atoms with Gasteiger partial charge in [0, 0.05) is 31.2 Å². The molecule has 0 amide bonds. The highest BCUT2D eigenvalue weighted by molar-refractivity contribution is 7.89. The third-order valence-electron chi connectivity index (χ3n) is 3.94. The normalized spacial score (nSPS) is 15.9. The Kier molecular flexibility index (Phi) is 3.95. The zero-order valence-corrected chi connectivity index (χ0v) is 13.5. The molecule has 0 saturated carbocycles. The Balaban J connectivity index is 2.15. The fourth-order valence-corrected chi connectivity index (χ4v) is 4.31. The van der Waals surface area contributed by atoms with E-state index in [0.29, 0.717) is 24.6 Å². The largest absolute Gasteiger partial charge is 0.478 e. The van der Waals surface area contributed by atoms with Gasteiger partial charge in [0.15, 0.2) is 0 Å². The first-order valence-electron chi connectivity index (χ1n) is 7.28. The van der Waals surface area contributed by atoms with Gasteiger partial charge in [0.05, 0.1) is 10.5 Å². The molecule has 2 heterocycles. The molecule has 1 N–H and O–H groups in total. The lowest BCUT2D eigenvalue weighted by molar-refractivity contribution is 0.0696. The van der Waals surface area contributed by atoms with Crippen LogP contribution in [0.5, 0.6) is 0 Å². The number of hydrogen-bond donors (Lipinski definition) is 1. The third kappa shape index (κ3) is 2.87. The molecule has 0 atom stereocenters. The number of aryl methyl sites for hydroxylation is 1. The van der Waals surface area contributed by atoms with Crippen LogP contribution < -0.4 is 0 Å². The minimum Gasteiger partial charge on any atom is -0.478 e. The molecule has 122 valence electrons. The molecule has 0 bridgehead atoms. The van der Waals surface area contributed by atoms with Gasteiger partial charge in [0.1, 0.15) is 5.82 Å². The number of carbonyl (C=O) groups is 1. The molecule has 1 aliphatic rings. The predicted octanol–water partition coefficient (Wildman–Crippen LogP) is 1.66. The number of imidazole rings is 1. The third-order valence-corrected chi connectivity index (χ3v) is 5.82. The number of aromatic nitrogens is 2. The van der Waals surface area contributed by atoms with Crippen molar-refractivity contribution < 1.29 is 18.3 Å². The second-order valence-corrected chi connectivity index (χ2v) is 7.41. The zero-order chi connectivity index (χ0) is 16.6. The molecular formula is C15H17N3O4S. The Morgan fingerprint density at radius 2 is 1.91 bits per heavy atom. The van der Waals surface area contributed by atoms with Crippen LogP contribution in [0.1, 0.15) is 29.0 Å². The van der Waals surface area contributed by atoms with Crippen molar-refractivity contribution in [3.8, 4) is 5.69 Å². The molecule has 23 heavy (non-hydrogen) atoms. The maximum Gasteiger partial charge on any atom is 0.335 e. The van der Waals surface area contributed by atoms with Crippen molar-refractivity contribution in [3.05, 3.63) is 42.0 Å². The van der Waals surface area contributed by atoms with Crippen LogP contribution in [0.15, 0.2) is 35.5 Å². The van der Waals surface area contributed by atoms with E-state index in [2.05, 4.69) is 4.98 Å². The minimum absolute atomic E-state index is 0.00222. The van der Waals surface area contributed by atoms with Crippen LogP contribution in [0, 0.1) is 6.92 Å². The van der Waals surface area contributed by atoms with E-state index in [1.54, 1.807) is 23.9 Å². The maximum atomic E-state index is 12.7. The summed E-state index contributed by atoms with van der Waals surface area (Å²) >= 11 is 0. The number of carboxylic acids is 1. The molecule has 3 rings (SSSR count). The van der Waals surface area contributed by atoms with Gasteiger partial charge in [-0.1, -0.05) is 0 Å². The number of carboxylic acid groups (broad SMARTS) is 1. The topological polar surface area (TPSA) is 92.5 Å². The molecule has 0 aliphatic carbocycles. The second-order valence-electron chi connectivity index (χ2n) is 5.48. The van der Waals surface area contributed by atoms with Crippen LogP contribution in [0.4, 0.5) is 0 Å². The number of nitrogens with zero attached hydrogens (tertiary/aromatic N) is 3. The molecule has 0 unspecified atom stereocenters. The Hall–Kier alpha value is -2.19. The summed E-state index contributed by atoms with van der Waals surface area (Å²) in [7, 11) is -3.68. The first-order valence-corrected chi connectivity index (χ1v) is 8.72. The summed E-state index contributed by atoms with van der Waals surface area (Å²) in [6, 6.07) is 4.15. The minimum atomic E-state index is -3.68. The van der Waals surface area contributed by atoms with E-state index in [0.717, 1.165) is 12.8 Å². The lowest BCUT2D eigenvalue weighted by Gasteiger charge is -2.17. The molecule has 1 aromatic heterocycles. The number of sulfonamides is 1. The zero-order valence-electron chi connectivity index (χ0n) is 12.6. The predicted molar refractivity (Wildman–Crippen MR) is 83.3 cm³/mol. The van der Waals surface area contributed by atoms with Gasteiger partial charge in [-0.25, -0.2) is 18.2 Å². The van der Waals surface area contributed by atoms with Crippen LogP contribution in [0.25, 0.3) is 5.69 Å². The van der Waals surface area contributed by atoms with Gasteiger partial charge >= 0.3 is 5.97 Å². The molecule has 1 fully saturated rings. The van der Waals surface area contributed by atoms with Crippen molar-refractivity contribution >= 4 is 16.0 Å². The van der Waals surface area contributed by atoms with E-state index in [9.17, 15) is 18.3 Å². The van der Waals surface area contributed by atoms with Gasteiger partial charge in [0.25, 0.3) is 0 Å². The first kappa shape index (κ1) is 15.7. The smallest absolute Gasteiger partial charge is 0.335 e. The average Bonchev–Trinajstić information content (AvgIpc) is 3.18. The van der Waals surface area contributed by atoms with Crippen molar-refractivity contribution in [1.29, 1.82) is 0 Å². The van der Waals surface area contributed by atoms with Crippen LogP contribution in [0.3, 0.4) is 0 Å². The van der Waals surface area contributed by atoms with E-state index in [1.807, 2.05) is 0 Å². The molecule has 8 heteroatoms. The van der Waals surface area contributed by atoms with E-state index in [4.69, 9.17) is 0 Å². The summed E-state index contributed by atoms with van der Waals surface area (Å²) in [5.74, 6) is -0.514. The van der Waals surface area contributed by atoms with Gasteiger partial charge in [-0.3, -0.25) is 0 Å². The van der Waals surface area contributed by atoms with E-state index in [1.165, 1.54) is 22.5 Å². The van der Waals surface area contributed by atoms with Gasteiger partial charge in [-0.05, 0) is 38.0 Å². The van der Waals surface area contributed by atoms with Crippen molar-refractivity contribution in [3.63, 3.8) is 0 Å². The van der Waals surface area contributed by atoms with Crippen molar-refractivity contribution in [2.75, 3.05) is 13.1 Å². The first-order chi connectivity index (χ1) is 10.9. The molecule has 7 nitrogen and oxygen atoms in total. The highest BCUT2D eigenvalue weighted by atomic mass is 32.2. The summed E-state index contributed by atoms with van der Waals surface area (Å²) in [5, 5.41) is 9.30. The van der Waals surface area contributed by atoms with Gasteiger partial charge in [-0.2, -0.15) is 4.31 Å².